The molecule has 0 saturated heterocycles. The Morgan fingerprint density at radius 1 is 1.50 bits per heavy atom. The Balaban J connectivity index is 2.53. The number of nitrogens with zero attached hydrogens (tertiary/aromatic N) is 2. The minimum atomic E-state index is 0.699. The Kier molecular flexibility index (Phi) is 2.86. The minimum absolute atomic E-state index is 0.699. The molecule has 0 aliphatic rings. The summed E-state index contributed by atoms with van der Waals surface area (Å²) in [5.74, 6) is 0. The Bertz CT molecular complexity index is 548. The van der Waals surface area contributed by atoms with E-state index in [0.717, 1.165) is 23.9 Å². The van der Waals surface area contributed by atoms with Crippen molar-refractivity contribution in [3.05, 3.63) is 41.7 Å². The first kappa shape index (κ1) is 10.6. The van der Waals surface area contributed by atoms with E-state index >= 15 is 0 Å². The molecule has 0 aliphatic carbocycles. The van der Waals surface area contributed by atoms with Crippen LogP contribution in [0.4, 0.5) is 0 Å². The molecule has 0 amide bonds. The highest BCUT2D eigenvalue weighted by Crippen LogP contribution is 2.17. The summed E-state index contributed by atoms with van der Waals surface area (Å²) < 4.78 is 1.99. The van der Waals surface area contributed by atoms with E-state index in [0.29, 0.717) is 5.56 Å². The minimum Gasteiger partial charge on any atom is -0.328 e. The molecule has 0 bridgehead atoms. The van der Waals surface area contributed by atoms with Crippen molar-refractivity contribution in [2.24, 2.45) is 0 Å². The molecule has 0 aliphatic heterocycles. The van der Waals surface area contributed by atoms with Crippen molar-refractivity contribution in [2.75, 3.05) is 0 Å². The summed E-state index contributed by atoms with van der Waals surface area (Å²) in [5.41, 5.74) is 2.82. The third-order valence-electron chi connectivity index (χ3n) is 2.49. The number of fused-ring (bicyclic) bond motifs is 1. The van der Waals surface area contributed by atoms with Gasteiger partial charge in [0.1, 0.15) is 5.65 Å². The molecule has 0 unspecified atom stereocenters. The molecule has 0 N–H and O–H groups in total. The third-order valence-corrected chi connectivity index (χ3v) is 2.49. The first-order valence-electron chi connectivity index (χ1n) is 5.25. The van der Waals surface area contributed by atoms with Crippen LogP contribution < -0.4 is 0 Å². The molecule has 2 aromatic heterocycles. The van der Waals surface area contributed by atoms with Gasteiger partial charge in [0.15, 0.2) is 6.29 Å². The largest absolute Gasteiger partial charge is 0.328 e. The van der Waals surface area contributed by atoms with Gasteiger partial charge < -0.3 is 4.57 Å². The number of rotatable bonds is 3. The summed E-state index contributed by atoms with van der Waals surface area (Å²) in [6.07, 6.45) is 6.59. The lowest BCUT2D eigenvalue weighted by molar-refractivity contribution is 0.112. The van der Waals surface area contributed by atoms with Crippen LogP contribution in [0, 0.1) is 0 Å². The summed E-state index contributed by atoms with van der Waals surface area (Å²) in [5, 5.41) is 0.916. The molecule has 16 heavy (non-hydrogen) atoms. The van der Waals surface area contributed by atoms with E-state index in [1.807, 2.05) is 22.9 Å². The lowest BCUT2D eigenvalue weighted by Gasteiger charge is -2.00. The first-order chi connectivity index (χ1) is 7.72. The number of pyridine rings is 1. The van der Waals surface area contributed by atoms with Crippen LogP contribution in [0.25, 0.3) is 11.0 Å². The molecular formula is C13H14N2O. The van der Waals surface area contributed by atoms with Gasteiger partial charge in [-0.05, 0) is 26.0 Å². The van der Waals surface area contributed by atoms with Gasteiger partial charge in [-0.3, -0.25) is 4.79 Å². The van der Waals surface area contributed by atoms with Crippen molar-refractivity contribution in [3.63, 3.8) is 0 Å². The van der Waals surface area contributed by atoms with Crippen molar-refractivity contribution >= 4 is 17.3 Å². The van der Waals surface area contributed by atoms with E-state index in [1.165, 1.54) is 5.57 Å². The van der Waals surface area contributed by atoms with E-state index in [-0.39, 0.29) is 0 Å². The van der Waals surface area contributed by atoms with Crippen molar-refractivity contribution in [2.45, 2.75) is 20.4 Å². The van der Waals surface area contributed by atoms with Gasteiger partial charge >= 0.3 is 0 Å². The zero-order valence-corrected chi connectivity index (χ0v) is 9.47. The SMILES string of the molecule is CC(C)=CCn1cc(C=O)c2cccnc21. The van der Waals surface area contributed by atoms with E-state index in [4.69, 9.17) is 0 Å². The van der Waals surface area contributed by atoms with Crippen LogP contribution in [-0.4, -0.2) is 15.8 Å². The molecule has 0 atom stereocenters. The molecule has 2 aromatic rings. The van der Waals surface area contributed by atoms with Crippen LogP contribution in [0.3, 0.4) is 0 Å². The number of aromatic nitrogens is 2. The highest BCUT2D eigenvalue weighted by molar-refractivity contribution is 5.95. The Labute approximate surface area is 94.4 Å². The van der Waals surface area contributed by atoms with Gasteiger partial charge in [-0.15, -0.1) is 0 Å². The normalized spacial score (nSPS) is 10.4. The van der Waals surface area contributed by atoms with E-state index in [9.17, 15) is 4.79 Å². The summed E-state index contributed by atoms with van der Waals surface area (Å²) in [7, 11) is 0. The summed E-state index contributed by atoms with van der Waals surface area (Å²) in [6.45, 7) is 4.86. The lowest BCUT2D eigenvalue weighted by Crippen LogP contribution is -1.94. The van der Waals surface area contributed by atoms with Crippen LogP contribution in [-0.2, 0) is 6.54 Å². The van der Waals surface area contributed by atoms with Gasteiger partial charge in [0.2, 0.25) is 0 Å². The fourth-order valence-corrected chi connectivity index (χ4v) is 1.66. The van der Waals surface area contributed by atoms with Crippen LogP contribution in [0.2, 0.25) is 0 Å². The number of carbonyl (C=O) groups excluding carboxylic acids is 1. The topological polar surface area (TPSA) is 34.9 Å². The second-order valence-corrected chi connectivity index (χ2v) is 4.01. The van der Waals surface area contributed by atoms with Gasteiger partial charge in [0.05, 0.1) is 0 Å². The standard InChI is InChI=1S/C13H14N2O/c1-10(2)5-7-15-8-11(9-16)12-4-3-6-14-13(12)15/h3-6,8-9H,7H2,1-2H3. The number of hydrogen-bond acceptors (Lipinski definition) is 2. The number of carbonyl (C=O) groups is 1. The molecule has 3 nitrogen and oxygen atoms in total. The highest BCUT2D eigenvalue weighted by Gasteiger charge is 2.06. The molecule has 0 spiro atoms. The highest BCUT2D eigenvalue weighted by atomic mass is 16.1. The van der Waals surface area contributed by atoms with Crippen molar-refractivity contribution in [1.82, 2.24) is 9.55 Å². The van der Waals surface area contributed by atoms with E-state index < -0.39 is 0 Å². The maximum atomic E-state index is 10.9. The second-order valence-electron chi connectivity index (χ2n) is 4.01. The maximum absolute atomic E-state index is 10.9. The number of hydrogen-bond donors (Lipinski definition) is 0. The van der Waals surface area contributed by atoms with Crippen LogP contribution in [0.5, 0.6) is 0 Å². The van der Waals surface area contributed by atoms with E-state index in [2.05, 4.69) is 24.9 Å². The Morgan fingerprint density at radius 3 is 3.00 bits per heavy atom. The molecule has 0 radical (unpaired) electrons. The summed E-state index contributed by atoms with van der Waals surface area (Å²) in [6, 6.07) is 3.77. The van der Waals surface area contributed by atoms with Crippen molar-refractivity contribution in [1.29, 1.82) is 0 Å². The van der Waals surface area contributed by atoms with Crippen molar-refractivity contribution < 1.29 is 4.79 Å². The number of aldehydes is 1. The number of allylic oxidation sites excluding steroid dienone is 2. The lowest BCUT2D eigenvalue weighted by atomic mass is 10.2. The van der Waals surface area contributed by atoms with Gasteiger partial charge in [0.25, 0.3) is 0 Å². The zero-order valence-electron chi connectivity index (χ0n) is 9.47. The first-order valence-corrected chi connectivity index (χ1v) is 5.25. The van der Waals surface area contributed by atoms with Crippen LogP contribution in [0.1, 0.15) is 24.2 Å². The molecule has 0 fully saturated rings. The molecule has 82 valence electrons. The quantitative estimate of drug-likeness (QED) is 0.581. The average molecular weight is 214 g/mol. The summed E-state index contributed by atoms with van der Waals surface area (Å²) in [4.78, 5) is 15.2. The molecular weight excluding hydrogens is 200 g/mol. The van der Waals surface area contributed by atoms with Crippen molar-refractivity contribution in [3.8, 4) is 0 Å². The third kappa shape index (κ3) is 1.89. The van der Waals surface area contributed by atoms with Gasteiger partial charge in [0, 0.05) is 29.9 Å². The predicted octanol–water partition coefficient (Wildman–Crippen LogP) is 2.82. The zero-order chi connectivity index (χ0) is 11.5. The fourth-order valence-electron chi connectivity index (χ4n) is 1.66. The molecule has 2 heterocycles. The fraction of sp³-hybridized carbons (Fsp3) is 0.231. The smallest absolute Gasteiger partial charge is 0.152 e. The molecule has 0 aromatic carbocycles. The van der Waals surface area contributed by atoms with Crippen LogP contribution in [0.15, 0.2) is 36.2 Å². The van der Waals surface area contributed by atoms with E-state index in [1.54, 1.807) is 6.20 Å². The van der Waals surface area contributed by atoms with Gasteiger partial charge in [-0.2, -0.15) is 0 Å². The van der Waals surface area contributed by atoms with Gasteiger partial charge in [-0.25, -0.2) is 4.98 Å². The molecule has 2 rings (SSSR count). The average Bonchev–Trinajstić information content (AvgIpc) is 2.65. The Hall–Kier alpha value is -1.90. The van der Waals surface area contributed by atoms with Crippen LogP contribution >= 0.6 is 0 Å². The maximum Gasteiger partial charge on any atom is 0.152 e. The Morgan fingerprint density at radius 2 is 2.31 bits per heavy atom. The monoisotopic (exact) mass is 214 g/mol. The molecule has 0 saturated carbocycles. The second kappa shape index (κ2) is 4.31. The molecule has 3 heteroatoms. The van der Waals surface area contributed by atoms with Gasteiger partial charge in [-0.1, -0.05) is 11.6 Å². The summed E-state index contributed by atoms with van der Waals surface area (Å²) >= 11 is 0. The predicted molar refractivity (Wildman–Crippen MR) is 64.6 cm³/mol.